The summed E-state index contributed by atoms with van der Waals surface area (Å²) in [5.41, 5.74) is 0.571. The molecule has 0 bridgehead atoms. The van der Waals surface area contributed by atoms with E-state index in [0.29, 0.717) is 6.54 Å². The van der Waals surface area contributed by atoms with Crippen molar-refractivity contribution in [3.63, 3.8) is 0 Å². The maximum atomic E-state index is 12.5. The van der Waals surface area contributed by atoms with Crippen LogP contribution in [0.3, 0.4) is 0 Å². The number of nitrogens with zero attached hydrogens (tertiary/aromatic N) is 3. The molecule has 2 rings (SSSR count). The van der Waals surface area contributed by atoms with E-state index < -0.39 is 6.04 Å². The lowest BCUT2D eigenvalue weighted by atomic mass is 9.77. The molecule has 5 nitrogen and oxygen atoms in total. The number of carbonyl (C=O) groups is 1. The Morgan fingerprint density at radius 1 is 1.60 bits per heavy atom. The molecule has 0 spiro atoms. The molecule has 0 aromatic carbocycles. The van der Waals surface area contributed by atoms with Gasteiger partial charge in [0.15, 0.2) is 0 Å². The number of nitriles is 1. The predicted molar refractivity (Wildman–Crippen MR) is 74.0 cm³/mol. The van der Waals surface area contributed by atoms with Crippen molar-refractivity contribution in [3.05, 3.63) is 17.5 Å². The Hall–Kier alpha value is -1.83. The Morgan fingerprint density at radius 3 is 2.85 bits per heavy atom. The van der Waals surface area contributed by atoms with E-state index in [-0.39, 0.29) is 23.0 Å². The van der Waals surface area contributed by atoms with Gasteiger partial charge in [-0.05, 0) is 24.2 Å². The van der Waals surface area contributed by atoms with Gasteiger partial charge in [-0.25, -0.2) is 0 Å². The molecule has 1 atom stereocenters. The van der Waals surface area contributed by atoms with Crippen molar-refractivity contribution in [2.75, 3.05) is 6.54 Å². The molecule has 20 heavy (non-hydrogen) atoms. The number of hydrogen-bond acceptors (Lipinski definition) is 4. The van der Waals surface area contributed by atoms with Crippen molar-refractivity contribution < 1.29 is 9.32 Å². The Morgan fingerprint density at radius 2 is 2.30 bits per heavy atom. The second-order valence-electron chi connectivity index (χ2n) is 6.39. The number of aromatic nitrogens is 1. The summed E-state index contributed by atoms with van der Waals surface area (Å²) < 4.78 is 5.15. The highest BCUT2D eigenvalue weighted by Gasteiger charge is 2.41. The van der Waals surface area contributed by atoms with Crippen molar-refractivity contribution in [2.45, 2.75) is 52.5 Å². The summed E-state index contributed by atoms with van der Waals surface area (Å²) in [6.45, 7) is 8.64. The third-order valence-electron chi connectivity index (χ3n) is 3.99. The first-order chi connectivity index (χ1) is 9.36. The van der Waals surface area contributed by atoms with Crippen LogP contribution in [0.5, 0.6) is 0 Å². The molecular formula is C15H21N3O2. The van der Waals surface area contributed by atoms with Gasteiger partial charge in [0, 0.05) is 12.6 Å². The first-order valence-corrected chi connectivity index (χ1v) is 7.04. The Balaban J connectivity index is 2.25. The molecule has 108 valence electrons. The zero-order chi connectivity index (χ0) is 14.9. The summed E-state index contributed by atoms with van der Waals surface area (Å²) in [4.78, 5) is 14.2. The zero-order valence-corrected chi connectivity index (χ0v) is 12.5. The fourth-order valence-corrected chi connectivity index (χ4v) is 2.66. The number of likely N-dealkylation sites (tertiary alicyclic amines) is 1. The van der Waals surface area contributed by atoms with Gasteiger partial charge in [0.25, 0.3) is 5.91 Å². The van der Waals surface area contributed by atoms with Crippen molar-refractivity contribution in [3.8, 4) is 6.07 Å². The molecule has 1 fully saturated rings. The van der Waals surface area contributed by atoms with Gasteiger partial charge in [0.05, 0.1) is 11.8 Å². The van der Waals surface area contributed by atoms with Crippen molar-refractivity contribution >= 4 is 5.91 Å². The Labute approximate surface area is 119 Å². The van der Waals surface area contributed by atoms with Crippen LogP contribution in [0, 0.1) is 16.7 Å². The largest absolute Gasteiger partial charge is 0.351 e. The topological polar surface area (TPSA) is 70.1 Å². The molecule has 0 aliphatic carbocycles. The van der Waals surface area contributed by atoms with Crippen LogP contribution >= 0.6 is 0 Å². The molecule has 1 saturated heterocycles. The van der Waals surface area contributed by atoms with Crippen LogP contribution in [0.2, 0.25) is 0 Å². The van der Waals surface area contributed by atoms with Gasteiger partial charge in [-0.3, -0.25) is 4.79 Å². The highest BCUT2D eigenvalue weighted by molar-refractivity contribution is 5.92. The second kappa shape index (κ2) is 5.28. The quantitative estimate of drug-likeness (QED) is 0.832. The smallest absolute Gasteiger partial charge is 0.293 e. The molecule has 1 amide bonds. The van der Waals surface area contributed by atoms with Gasteiger partial charge in [0.1, 0.15) is 6.04 Å². The number of amides is 1. The fraction of sp³-hybridized carbons (Fsp3) is 0.667. The van der Waals surface area contributed by atoms with Gasteiger partial charge in [-0.2, -0.15) is 5.26 Å². The summed E-state index contributed by atoms with van der Waals surface area (Å²) in [6, 6.07) is 3.53. The van der Waals surface area contributed by atoms with Crippen LogP contribution in [0.4, 0.5) is 0 Å². The molecule has 1 aromatic heterocycles. The van der Waals surface area contributed by atoms with E-state index in [1.165, 1.54) is 0 Å². The van der Waals surface area contributed by atoms with Crippen LogP contribution in [0.15, 0.2) is 10.6 Å². The monoisotopic (exact) mass is 275 g/mol. The average Bonchev–Trinajstić information content (AvgIpc) is 2.86. The third kappa shape index (κ3) is 2.55. The zero-order valence-electron chi connectivity index (χ0n) is 12.5. The molecule has 0 radical (unpaired) electrons. The summed E-state index contributed by atoms with van der Waals surface area (Å²) in [7, 11) is 0. The molecule has 1 aliphatic rings. The van der Waals surface area contributed by atoms with Crippen molar-refractivity contribution in [1.29, 1.82) is 5.26 Å². The van der Waals surface area contributed by atoms with Crippen molar-refractivity contribution in [2.24, 2.45) is 5.41 Å². The van der Waals surface area contributed by atoms with Crippen LogP contribution in [-0.2, 0) is 0 Å². The van der Waals surface area contributed by atoms with E-state index in [1.807, 2.05) is 27.7 Å². The maximum absolute atomic E-state index is 12.5. The summed E-state index contributed by atoms with van der Waals surface area (Å²) >= 11 is 0. The lowest BCUT2D eigenvalue weighted by molar-refractivity contribution is 0.0401. The van der Waals surface area contributed by atoms with E-state index in [0.717, 1.165) is 18.5 Å². The lowest BCUT2D eigenvalue weighted by Crippen LogP contribution is -2.51. The number of carbonyl (C=O) groups excluding carboxylic acids is 1. The molecule has 0 saturated carbocycles. The van der Waals surface area contributed by atoms with Crippen LogP contribution < -0.4 is 0 Å². The van der Waals surface area contributed by atoms with E-state index in [4.69, 9.17) is 4.52 Å². The van der Waals surface area contributed by atoms with Crippen LogP contribution in [-0.4, -0.2) is 28.6 Å². The summed E-state index contributed by atoms with van der Waals surface area (Å²) in [6.07, 6.45) is 1.85. The fourth-order valence-electron chi connectivity index (χ4n) is 2.66. The Bertz CT molecular complexity index is 540. The minimum atomic E-state index is -0.420. The normalized spacial score (nSPS) is 21.8. The molecule has 0 unspecified atom stereocenters. The van der Waals surface area contributed by atoms with Crippen LogP contribution in [0.25, 0.3) is 0 Å². The lowest BCUT2D eigenvalue weighted by Gasteiger charge is -2.42. The number of hydrogen-bond donors (Lipinski definition) is 0. The van der Waals surface area contributed by atoms with Gasteiger partial charge < -0.3 is 9.42 Å². The summed E-state index contributed by atoms with van der Waals surface area (Å²) in [5, 5.41) is 13.3. The number of piperidine rings is 1. The minimum absolute atomic E-state index is 0.191. The maximum Gasteiger partial charge on any atom is 0.293 e. The van der Waals surface area contributed by atoms with E-state index in [1.54, 1.807) is 11.0 Å². The average molecular weight is 275 g/mol. The van der Waals surface area contributed by atoms with Crippen LogP contribution in [0.1, 0.15) is 62.7 Å². The third-order valence-corrected chi connectivity index (χ3v) is 3.99. The molecule has 5 heteroatoms. The van der Waals surface area contributed by atoms with Crippen molar-refractivity contribution in [1.82, 2.24) is 10.1 Å². The minimum Gasteiger partial charge on any atom is -0.351 e. The highest BCUT2D eigenvalue weighted by Crippen LogP contribution is 2.35. The van der Waals surface area contributed by atoms with Gasteiger partial charge in [0.2, 0.25) is 5.76 Å². The van der Waals surface area contributed by atoms with Gasteiger partial charge in [-0.1, -0.05) is 32.9 Å². The first-order valence-electron chi connectivity index (χ1n) is 7.04. The molecule has 0 N–H and O–H groups in total. The predicted octanol–water partition coefficient (Wildman–Crippen LogP) is 2.95. The highest BCUT2D eigenvalue weighted by atomic mass is 16.5. The second-order valence-corrected chi connectivity index (χ2v) is 6.39. The molecule has 1 aromatic rings. The van der Waals surface area contributed by atoms with E-state index in [9.17, 15) is 10.1 Å². The van der Waals surface area contributed by atoms with Gasteiger partial charge >= 0.3 is 0 Å². The molecular weight excluding hydrogens is 254 g/mol. The van der Waals surface area contributed by atoms with Gasteiger partial charge in [-0.15, -0.1) is 0 Å². The summed E-state index contributed by atoms with van der Waals surface area (Å²) in [5.74, 6) is 0.209. The SMILES string of the molecule is CC(C)c1cc(C(=O)N2CCCC(C)(C)[C@@H]2C#N)on1. The van der Waals surface area contributed by atoms with E-state index >= 15 is 0 Å². The number of rotatable bonds is 2. The Kier molecular flexibility index (Phi) is 3.85. The van der Waals surface area contributed by atoms with E-state index in [2.05, 4.69) is 11.2 Å². The molecule has 2 heterocycles. The standard InChI is InChI=1S/C15H21N3O2/c1-10(2)11-8-12(20-17-11)14(19)18-7-5-6-15(3,4)13(18)9-16/h8,10,13H,5-7H2,1-4H3/t13-/m0/s1. The molecule has 1 aliphatic heterocycles. The first kappa shape index (κ1) is 14.6.